The molecule has 0 aliphatic rings. The highest BCUT2D eigenvalue weighted by molar-refractivity contribution is 4.89. The van der Waals surface area contributed by atoms with Gasteiger partial charge in [0.2, 0.25) is 0 Å². The third-order valence-corrected chi connectivity index (χ3v) is 2.63. The molecule has 0 heterocycles. The Kier molecular flexibility index (Phi) is 6.90. The Morgan fingerprint density at radius 2 is 1.86 bits per heavy atom. The van der Waals surface area contributed by atoms with Crippen LogP contribution >= 0.6 is 0 Å². The van der Waals surface area contributed by atoms with Crippen LogP contribution < -0.4 is 5.32 Å². The lowest BCUT2D eigenvalue weighted by Gasteiger charge is -2.24. The largest absolute Gasteiger partial charge is 0.317 e. The molecule has 0 aliphatic carbocycles. The van der Waals surface area contributed by atoms with Gasteiger partial charge >= 0.3 is 0 Å². The lowest BCUT2D eigenvalue weighted by Crippen LogP contribution is -2.23. The number of hydrogen-bond donors (Lipinski definition) is 1. The summed E-state index contributed by atoms with van der Waals surface area (Å²) < 4.78 is 0. The fourth-order valence-electron chi connectivity index (χ4n) is 1.41. The van der Waals surface area contributed by atoms with Crippen molar-refractivity contribution in [3.8, 4) is 0 Å². The maximum absolute atomic E-state index is 3.95. The zero-order chi connectivity index (χ0) is 11.0. The van der Waals surface area contributed by atoms with E-state index < -0.39 is 0 Å². The van der Waals surface area contributed by atoms with E-state index >= 15 is 0 Å². The highest BCUT2D eigenvalue weighted by Crippen LogP contribution is 2.27. The van der Waals surface area contributed by atoms with E-state index in [1.54, 1.807) is 0 Å². The van der Waals surface area contributed by atoms with Crippen LogP contribution in [0.3, 0.4) is 0 Å². The molecule has 1 N–H and O–H groups in total. The van der Waals surface area contributed by atoms with Crippen molar-refractivity contribution in [1.29, 1.82) is 0 Å². The van der Waals surface area contributed by atoms with Gasteiger partial charge in [0.15, 0.2) is 0 Å². The van der Waals surface area contributed by atoms with Crippen LogP contribution in [-0.4, -0.2) is 13.1 Å². The van der Waals surface area contributed by atoms with Gasteiger partial charge < -0.3 is 5.32 Å². The van der Waals surface area contributed by atoms with Crippen LogP contribution in [-0.2, 0) is 0 Å². The predicted octanol–water partition coefficient (Wildman–Crippen LogP) is 3.76. The van der Waals surface area contributed by atoms with E-state index in [4.69, 9.17) is 0 Å². The first-order chi connectivity index (χ1) is 6.48. The minimum absolute atomic E-state index is 0.458. The summed E-state index contributed by atoms with van der Waals surface area (Å²) in [5.74, 6) is 0. The van der Waals surface area contributed by atoms with E-state index in [9.17, 15) is 0 Å². The fraction of sp³-hybridized carbons (Fsp3) is 0.846. The van der Waals surface area contributed by atoms with Crippen molar-refractivity contribution in [2.45, 2.75) is 53.4 Å². The number of nitrogens with one attached hydrogen (secondary N) is 1. The van der Waals surface area contributed by atoms with E-state index in [0.29, 0.717) is 5.41 Å². The highest BCUT2D eigenvalue weighted by Gasteiger charge is 2.16. The van der Waals surface area contributed by atoms with Gasteiger partial charge in [0.1, 0.15) is 0 Å². The molecule has 0 radical (unpaired) electrons. The minimum atomic E-state index is 0.458. The van der Waals surface area contributed by atoms with E-state index in [1.807, 2.05) is 0 Å². The van der Waals surface area contributed by atoms with E-state index in [1.165, 1.54) is 31.3 Å². The molecule has 0 amide bonds. The fourth-order valence-corrected chi connectivity index (χ4v) is 1.41. The van der Waals surface area contributed by atoms with E-state index in [2.05, 4.69) is 39.6 Å². The van der Waals surface area contributed by atoms with Gasteiger partial charge in [-0.3, -0.25) is 0 Å². The molecule has 0 rings (SSSR count). The van der Waals surface area contributed by atoms with Gasteiger partial charge in [-0.25, -0.2) is 0 Å². The molecule has 14 heavy (non-hydrogen) atoms. The van der Waals surface area contributed by atoms with Crippen LogP contribution in [0.5, 0.6) is 0 Å². The maximum atomic E-state index is 3.95. The maximum Gasteiger partial charge on any atom is -0.00438 e. The number of rotatable bonds is 8. The van der Waals surface area contributed by atoms with Crippen molar-refractivity contribution >= 4 is 0 Å². The van der Waals surface area contributed by atoms with Crippen molar-refractivity contribution < 1.29 is 0 Å². The SMILES string of the molecule is C=C(C)CCC(C)(C)CCNCCC. The smallest absolute Gasteiger partial charge is 0.00438 e. The molecule has 0 aromatic rings. The summed E-state index contributed by atoms with van der Waals surface area (Å²) in [6.45, 7) is 15.3. The summed E-state index contributed by atoms with van der Waals surface area (Å²) in [7, 11) is 0. The normalized spacial score (nSPS) is 11.7. The average Bonchev–Trinajstić information content (AvgIpc) is 2.10. The predicted molar refractivity (Wildman–Crippen MR) is 65.6 cm³/mol. The van der Waals surface area contributed by atoms with Gasteiger partial charge in [-0.2, -0.15) is 0 Å². The molecule has 0 saturated carbocycles. The highest BCUT2D eigenvalue weighted by atomic mass is 14.8. The number of hydrogen-bond acceptors (Lipinski definition) is 1. The third-order valence-electron chi connectivity index (χ3n) is 2.63. The van der Waals surface area contributed by atoms with Gasteiger partial charge in [0.25, 0.3) is 0 Å². The van der Waals surface area contributed by atoms with Crippen molar-refractivity contribution in [2.75, 3.05) is 13.1 Å². The molecule has 0 fully saturated rings. The van der Waals surface area contributed by atoms with Gasteiger partial charge in [-0.1, -0.05) is 26.3 Å². The molecule has 84 valence electrons. The van der Waals surface area contributed by atoms with Crippen molar-refractivity contribution in [3.63, 3.8) is 0 Å². The second kappa shape index (κ2) is 7.05. The summed E-state index contributed by atoms with van der Waals surface area (Å²) >= 11 is 0. The Labute approximate surface area is 90.0 Å². The monoisotopic (exact) mass is 197 g/mol. The second-order valence-electron chi connectivity index (χ2n) is 5.12. The van der Waals surface area contributed by atoms with Crippen LogP contribution in [0.4, 0.5) is 0 Å². The topological polar surface area (TPSA) is 12.0 Å². The summed E-state index contributed by atoms with van der Waals surface area (Å²) in [4.78, 5) is 0. The molecule has 0 spiro atoms. The molecule has 0 saturated heterocycles. The first-order valence-corrected chi connectivity index (χ1v) is 5.83. The summed E-state index contributed by atoms with van der Waals surface area (Å²) in [5, 5.41) is 3.46. The van der Waals surface area contributed by atoms with Gasteiger partial charge in [-0.05, 0) is 51.1 Å². The first kappa shape index (κ1) is 13.7. The van der Waals surface area contributed by atoms with Gasteiger partial charge in [-0.15, -0.1) is 6.58 Å². The molecule has 0 unspecified atom stereocenters. The van der Waals surface area contributed by atoms with Crippen molar-refractivity contribution in [1.82, 2.24) is 5.32 Å². The Morgan fingerprint density at radius 1 is 1.21 bits per heavy atom. The Balaban J connectivity index is 3.55. The molecule has 0 aromatic heterocycles. The third kappa shape index (κ3) is 8.31. The van der Waals surface area contributed by atoms with Crippen LogP contribution in [0.25, 0.3) is 0 Å². The molecule has 0 atom stereocenters. The zero-order valence-electron chi connectivity index (χ0n) is 10.4. The molecule has 1 nitrogen and oxygen atoms in total. The number of allylic oxidation sites excluding steroid dienone is 1. The molecule has 0 aliphatic heterocycles. The van der Waals surface area contributed by atoms with Crippen LogP contribution in [0, 0.1) is 5.41 Å². The van der Waals surface area contributed by atoms with Crippen molar-refractivity contribution in [2.24, 2.45) is 5.41 Å². The van der Waals surface area contributed by atoms with E-state index in [-0.39, 0.29) is 0 Å². The summed E-state index contributed by atoms with van der Waals surface area (Å²) in [6, 6.07) is 0. The van der Waals surface area contributed by atoms with Crippen LogP contribution in [0.15, 0.2) is 12.2 Å². The molecule has 0 bridgehead atoms. The second-order valence-corrected chi connectivity index (χ2v) is 5.12. The summed E-state index contributed by atoms with van der Waals surface area (Å²) in [5.41, 5.74) is 1.76. The molecule has 0 aromatic carbocycles. The van der Waals surface area contributed by atoms with Crippen LogP contribution in [0.2, 0.25) is 0 Å². The molecular formula is C13H27N. The van der Waals surface area contributed by atoms with Gasteiger partial charge in [0.05, 0.1) is 0 Å². The lowest BCUT2D eigenvalue weighted by molar-refractivity contribution is 0.302. The first-order valence-electron chi connectivity index (χ1n) is 5.83. The lowest BCUT2D eigenvalue weighted by atomic mass is 9.83. The standard InChI is InChI=1S/C13H27N/c1-6-10-14-11-9-13(4,5)8-7-12(2)3/h14H,2,6-11H2,1,3-5H3. The Hall–Kier alpha value is -0.300. The molecule has 1 heteroatoms. The van der Waals surface area contributed by atoms with E-state index in [0.717, 1.165) is 13.1 Å². The van der Waals surface area contributed by atoms with Crippen molar-refractivity contribution in [3.05, 3.63) is 12.2 Å². The average molecular weight is 197 g/mol. The van der Waals surface area contributed by atoms with Gasteiger partial charge in [0, 0.05) is 0 Å². The summed E-state index contributed by atoms with van der Waals surface area (Å²) in [6.07, 6.45) is 4.92. The minimum Gasteiger partial charge on any atom is -0.317 e. The Bertz CT molecular complexity index is 159. The Morgan fingerprint density at radius 3 is 2.36 bits per heavy atom. The zero-order valence-corrected chi connectivity index (χ0v) is 10.4. The van der Waals surface area contributed by atoms with Crippen LogP contribution in [0.1, 0.15) is 53.4 Å². The quantitative estimate of drug-likeness (QED) is 0.461. The molecular weight excluding hydrogens is 170 g/mol.